The van der Waals surface area contributed by atoms with E-state index in [1.165, 1.54) is 19.5 Å². The fraction of sp³-hybridized carbons (Fsp3) is 0.562. The highest BCUT2D eigenvalue weighted by Crippen LogP contribution is 2.16. The molecule has 1 fully saturated rings. The van der Waals surface area contributed by atoms with Gasteiger partial charge in [-0.05, 0) is 57.2 Å². The van der Waals surface area contributed by atoms with Crippen LogP contribution in [0.2, 0.25) is 5.02 Å². The van der Waals surface area contributed by atoms with Gasteiger partial charge in [0.05, 0.1) is 0 Å². The second kappa shape index (κ2) is 7.21. The van der Waals surface area contributed by atoms with Crippen molar-refractivity contribution in [3.8, 4) is 0 Å². The van der Waals surface area contributed by atoms with Crippen molar-refractivity contribution in [2.75, 3.05) is 40.3 Å². The van der Waals surface area contributed by atoms with E-state index in [-0.39, 0.29) is 5.78 Å². The Morgan fingerprint density at radius 1 is 1.40 bits per heavy atom. The first-order chi connectivity index (χ1) is 9.54. The summed E-state index contributed by atoms with van der Waals surface area (Å²) < 4.78 is 0. The van der Waals surface area contributed by atoms with Crippen LogP contribution in [-0.4, -0.2) is 55.9 Å². The Balaban J connectivity index is 1.74. The Hall–Kier alpha value is -0.900. The van der Waals surface area contributed by atoms with Crippen molar-refractivity contribution in [2.24, 2.45) is 5.92 Å². The molecule has 0 N–H and O–H groups in total. The number of rotatable bonds is 6. The Labute approximate surface area is 126 Å². The van der Waals surface area contributed by atoms with Crippen LogP contribution >= 0.6 is 11.6 Å². The number of carbonyl (C=O) groups is 1. The molecule has 1 atom stereocenters. The van der Waals surface area contributed by atoms with Gasteiger partial charge in [0.1, 0.15) is 0 Å². The maximum atomic E-state index is 12.1. The molecule has 110 valence electrons. The summed E-state index contributed by atoms with van der Waals surface area (Å²) in [6, 6.07) is 7.15. The van der Waals surface area contributed by atoms with Crippen molar-refractivity contribution >= 4 is 17.4 Å². The van der Waals surface area contributed by atoms with Crippen LogP contribution in [0.1, 0.15) is 23.2 Å². The van der Waals surface area contributed by atoms with Gasteiger partial charge in [0.25, 0.3) is 0 Å². The van der Waals surface area contributed by atoms with E-state index in [2.05, 4.69) is 23.9 Å². The normalized spacial score (nSPS) is 19.7. The Morgan fingerprint density at radius 3 is 2.70 bits per heavy atom. The van der Waals surface area contributed by atoms with E-state index >= 15 is 0 Å². The first kappa shape index (κ1) is 15.5. The van der Waals surface area contributed by atoms with Crippen LogP contribution in [0, 0.1) is 5.92 Å². The zero-order valence-corrected chi connectivity index (χ0v) is 13.1. The summed E-state index contributed by atoms with van der Waals surface area (Å²) in [6.07, 6.45) is 1.84. The highest BCUT2D eigenvalue weighted by atomic mass is 35.5. The molecule has 1 aliphatic heterocycles. The molecular formula is C16H23ClN2O. The van der Waals surface area contributed by atoms with Gasteiger partial charge in [-0.25, -0.2) is 0 Å². The number of hydrogen-bond acceptors (Lipinski definition) is 3. The van der Waals surface area contributed by atoms with Crippen molar-refractivity contribution in [3.05, 3.63) is 34.9 Å². The highest BCUT2D eigenvalue weighted by Gasteiger charge is 2.20. The third-order valence-corrected chi connectivity index (χ3v) is 4.20. The molecule has 3 nitrogen and oxygen atoms in total. The van der Waals surface area contributed by atoms with Crippen LogP contribution < -0.4 is 0 Å². The van der Waals surface area contributed by atoms with Crippen LogP contribution in [0.4, 0.5) is 0 Å². The Kier molecular flexibility index (Phi) is 5.58. The number of likely N-dealkylation sites (tertiary alicyclic amines) is 1. The first-order valence-electron chi connectivity index (χ1n) is 7.20. The number of nitrogens with zero attached hydrogens (tertiary/aromatic N) is 2. The third kappa shape index (κ3) is 4.58. The molecule has 4 heteroatoms. The van der Waals surface area contributed by atoms with Gasteiger partial charge in [0, 0.05) is 36.6 Å². The molecule has 0 saturated carbocycles. The maximum absolute atomic E-state index is 12.1. The number of halogens is 1. The van der Waals surface area contributed by atoms with Gasteiger partial charge >= 0.3 is 0 Å². The lowest BCUT2D eigenvalue weighted by molar-refractivity contribution is 0.0966. The van der Waals surface area contributed by atoms with Crippen molar-refractivity contribution in [3.63, 3.8) is 0 Å². The summed E-state index contributed by atoms with van der Waals surface area (Å²) in [5.74, 6) is 0.938. The molecule has 0 bridgehead atoms. The van der Waals surface area contributed by atoms with Gasteiger partial charge in [-0.2, -0.15) is 0 Å². The van der Waals surface area contributed by atoms with E-state index in [4.69, 9.17) is 11.6 Å². The fourth-order valence-electron chi connectivity index (χ4n) is 2.78. The van der Waals surface area contributed by atoms with Crippen LogP contribution in [0.5, 0.6) is 0 Å². The summed E-state index contributed by atoms with van der Waals surface area (Å²) in [5, 5.41) is 0.670. The van der Waals surface area contributed by atoms with Crippen molar-refractivity contribution in [2.45, 2.75) is 12.8 Å². The molecule has 0 radical (unpaired) electrons. The second-order valence-corrected chi connectivity index (χ2v) is 6.30. The molecule has 0 spiro atoms. The topological polar surface area (TPSA) is 23.6 Å². The van der Waals surface area contributed by atoms with Gasteiger partial charge in [-0.1, -0.05) is 11.6 Å². The highest BCUT2D eigenvalue weighted by molar-refractivity contribution is 6.30. The molecular weight excluding hydrogens is 272 g/mol. The van der Waals surface area contributed by atoms with E-state index in [1.807, 2.05) is 0 Å². The molecule has 1 heterocycles. The predicted molar refractivity (Wildman–Crippen MR) is 83.5 cm³/mol. The van der Waals surface area contributed by atoms with Crippen molar-refractivity contribution < 1.29 is 4.79 Å². The predicted octanol–water partition coefficient (Wildman–Crippen LogP) is 2.80. The third-order valence-electron chi connectivity index (χ3n) is 3.95. The lowest BCUT2D eigenvalue weighted by Crippen LogP contribution is -2.29. The monoisotopic (exact) mass is 294 g/mol. The van der Waals surface area contributed by atoms with E-state index < -0.39 is 0 Å². The second-order valence-electron chi connectivity index (χ2n) is 5.86. The summed E-state index contributed by atoms with van der Waals surface area (Å²) in [4.78, 5) is 16.7. The minimum absolute atomic E-state index is 0.192. The number of carbonyl (C=O) groups excluding carboxylic acids is 1. The molecule has 1 saturated heterocycles. The summed E-state index contributed by atoms with van der Waals surface area (Å²) >= 11 is 5.83. The minimum atomic E-state index is 0.192. The molecule has 0 aliphatic carbocycles. The number of ketones is 1. The van der Waals surface area contributed by atoms with Crippen molar-refractivity contribution in [1.82, 2.24) is 9.80 Å². The first-order valence-corrected chi connectivity index (χ1v) is 7.58. The van der Waals surface area contributed by atoms with Crippen molar-refractivity contribution in [1.29, 1.82) is 0 Å². The minimum Gasteiger partial charge on any atom is -0.306 e. The Bertz CT molecular complexity index is 446. The summed E-state index contributed by atoms with van der Waals surface area (Å²) in [6.45, 7) is 4.28. The zero-order chi connectivity index (χ0) is 14.5. The summed E-state index contributed by atoms with van der Waals surface area (Å²) in [7, 11) is 4.28. The number of hydrogen-bond donors (Lipinski definition) is 0. The Morgan fingerprint density at radius 2 is 2.10 bits per heavy atom. The molecule has 2 rings (SSSR count). The standard InChI is InChI=1S/C16H23ClN2O/c1-18-9-7-13(11-18)12-19(2)10-8-16(20)14-3-5-15(17)6-4-14/h3-6,13H,7-12H2,1-2H3. The molecule has 1 aromatic carbocycles. The van der Waals surface area contributed by atoms with Crippen LogP contribution in [0.3, 0.4) is 0 Å². The SMILES string of the molecule is CN(CCC(=O)c1ccc(Cl)cc1)CC1CCN(C)C1. The number of Topliss-reactive ketones (excluding diaryl/α,β-unsaturated/α-hetero) is 1. The average molecular weight is 295 g/mol. The summed E-state index contributed by atoms with van der Waals surface area (Å²) in [5.41, 5.74) is 0.753. The van der Waals surface area contributed by atoms with E-state index in [1.54, 1.807) is 24.3 Å². The lowest BCUT2D eigenvalue weighted by Gasteiger charge is -2.20. The fourth-order valence-corrected chi connectivity index (χ4v) is 2.91. The molecule has 0 amide bonds. The molecule has 1 unspecified atom stereocenters. The van der Waals surface area contributed by atoms with Gasteiger partial charge in [-0.3, -0.25) is 4.79 Å². The largest absolute Gasteiger partial charge is 0.306 e. The van der Waals surface area contributed by atoms with Gasteiger partial charge in [0.2, 0.25) is 0 Å². The molecule has 20 heavy (non-hydrogen) atoms. The smallest absolute Gasteiger partial charge is 0.164 e. The van der Waals surface area contributed by atoms with Gasteiger partial charge in [0.15, 0.2) is 5.78 Å². The maximum Gasteiger partial charge on any atom is 0.164 e. The van der Waals surface area contributed by atoms with E-state index in [0.29, 0.717) is 11.4 Å². The van der Waals surface area contributed by atoms with Gasteiger partial charge in [-0.15, -0.1) is 0 Å². The molecule has 1 aromatic rings. The van der Waals surface area contributed by atoms with Crippen LogP contribution in [-0.2, 0) is 0 Å². The molecule has 1 aliphatic rings. The van der Waals surface area contributed by atoms with E-state index in [9.17, 15) is 4.79 Å². The molecule has 0 aromatic heterocycles. The van der Waals surface area contributed by atoms with Crippen LogP contribution in [0.25, 0.3) is 0 Å². The lowest BCUT2D eigenvalue weighted by atomic mass is 10.1. The average Bonchev–Trinajstić information content (AvgIpc) is 2.82. The quantitative estimate of drug-likeness (QED) is 0.754. The van der Waals surface area contributed by atoms with E-state index in [0.717, 1.165) is 24.6 Å². The zero-order valence-electron chi connectivity index (χ0n) is 12.3. The number of benzene rings is 1. The van der Waals surface area contributed by atoms with Crippen LogP contribution in [0.15, 0.2) is 24.3 Å². The van der Waals surface area contributed by atoms with Gasteiger partial charge < -0.3 is 9.80 Å².